The van der Waals surface area contributed by atoms with Crippen molar-refractivity contribution in [1.82, 2.24) is 14.7 Å². The molecule has 7 aliphatic rings. The maximum Gasteiger partial charge on any atom is 0.00643 e. The lowest BCUT2D eigenvalue weighted by atomic mass is 10.0. The molecule has 3 heteroatoms. The van der Waals surface area contributed by atoms with Crippen LogP contribution in [0.4, 0.5) is 0 Å². The van der Waals surface area contributed by atoms with Gasteiger partial charge in [0.25, 0.3) is 0 Å². The van der Waals surface area contributed by atoms with Crippen LogP contribution >= 0.6 is 0 Å². The molecule has 51 heavy (non-hydrogen) atoms. The van der Waals surface area contributed by atoms with E-state index < -0.39 is 0 Å². The average molecular weight is 730 g/mol. The third kappa shape index (κ3) is 40.9. The Morgan fingerprint density at radius 3 is 0.608 bits per heavy atom. The fourth-order valence-corrected chi connectivity index (χ4v) is 7.64. The summed E-state index contributed by atoms with van der Waals surface area (Å²) >= 11 is 0. The van der Waals surface area contributed by atoms with Gasteiger partial charge in [0.05, 0.1) is 0 Å². The van der Waals surface area contributed by atoms with Crippen molar-refractivity contribution in [3.63, 3.8) is 0 Å². The summed E-state index contributed by atoms with van der Waals surface area (Å²) in [6, 6.07) is 1.69. The normalized spacial score (nSPS) is 25.4. The van der Waals surface area contributed by atoms with Gasteiger partial charge in [-0.05, 0) is 99.1 Å². The first-order chi connectivity index (χ1) is 21.9. The number of hydrogen-bond acceptors (Lipinski definition) is 3. The minimum absolute atomic E-state index is 0. The van der Waals surface area contributed by atoms with Crippen molar-refractivity contribution in [2.75, 3.05) is 47.3 Å². The van der Waals surface area contributed by atoms with E-state index in [1.165, 1.54) is 212 Å². The van der Waals surface area contributed by atoms with Crippen LogP contribution in [0.3, 0.4) is 0 Å². The Bertz CT molecular complexity index is 466. The molecule has 0 bridgehead atoms. The Morgan fingerprint density at radius 2 is 0.510 bits per heavy atom. The van der Waals surface area contributed by atoms with E-state index in [9.17, 15) is 0 Å². The van der Waals surface area contributed by atoms with Gasteiger partial charge in [-0.2, -0.15) is 0 Å². The highest BCUT2D eigenvalue weighted by Crippen LogP contribution is 2.18. The van der Waals surface area contributed by atoms with Gasteiger partial charge < -0.3 is 14.7 Å². The highest BCUT2D eigenvalue weighted by Gasteiger charge is 2.15. The van der Waals surface area contributed by atoms with E-state index in [-0.39, 0.29) is 44.6 Å². The summed E-state index contributed by atoms with van der Waals surface area (Å²) in [5.74, 6) is 0.939. The van der Waals surface area contributed by atoms with Gasteiger partial charge in [0, 0.05) is 18.6 Å². The molecule has 4 saturated carbocycles. The Balaban J connectivity index is -0.000000114. The number of piperidine rings is 1. The molecule has 3 saturated heterocycles. The van der Waals surface area contributed by atoms with Crippen LogP contribution in [0, 0.1) is 5.92 Å². The lowest BCUT2D eigenvalue weighted by Gasteiger charge is -2.26. The Morgan fingerprint density at radius 1 is 0.294 bits per heavy atom. The van der Waals surface area contributed by atoms with Crippen LogP contribution in [-0.4, -0.2) is 74.1 Å². The quantitative estimate of drug-likeness (QED) is 0.246. The molecule has 3 unspecified atom stereocenters. The molecule has 3 heterocycles. The van der Waals surface area contributed by atoms with E-state index in [2.05, 4.69) is 56.6 Å². The van der Waals surface area contributed by atoms with Crippen molar-refractivity contribution in [3.05, 3.63) is 0 Å². The molecule has 0 radical (unpaired) electrons. The highest BCUT2D eigenvalue weighted by molar-refractivity contribution is 4.71. The molecule has 0 aromatic heterocycles. The molecule has 3 nitrogen and oxygen atoms in total. The molecular weight excluding hydrogens is 619 g/mol. The zero-order chi connectivity index (χ0) is 32.8. The van der Waals surface area contributed by atoms with E-state index in [0.29, 0.717) is 0 Å². The van der Waals surface area contributed by atoms with Crippen molar-refractivity contribution in [3.8, 4) is 0 Å². The second-order valence-electron chi connectivity index (χ2n) is 16.1. The van der Waals surface area contributed by atoms with E-state index in [1.807, 2.05) is 0 Å². The van der Waals surface area contributed by atoms with E-state index in [1.54, 1.807) is 0 Å². The molecule has 0 spiro atoms. The van der Waals surface area contributed by atoms with Gasteiger partial charge in [-0.1, -0.05) is 199 Å². The predicted molar refractivity (Wildman–Crippen MR) is 245 cm³/mol. The molecule has 4 aliphatic carbocycles. The third-order valence-corrected chi connectivity index (χ3v) is 11.4. The standard InChI is InChI=1S/C7H15N.2C6H13N.3C6H12.C5H10.6CH4/c1-7-4-3-5-8(2)6-7;2*1-6-4-3-5-7(6)2;3*1-2-4-6-5-3-1;1-2-4-5-3-1;;;;;;/h7H,3-6H2,1-2H3;2*6H,3-5H2,1-2H3;3*1-6H2;1-5H2;6*1H4. The lowest BCUT2D eigenvalue weighted by molar-refractivity contribution is 0.221. The first-order valence-corrected chi connectivity index (χ1v) is 21.0. The van der Waals surface area contributed by atoms with Gasteiger partial charge in [0.15, 0.2) is 0 Å². The minimum Gasteiger partial charge on any atom is -0.306 e. The zero-order valence-electron chi connectivity index (χ0n) is 32.4. The smallest absolute Gasteiger partial charge is 0.00643 e. The Labute approximate surface area is 330 Å². The summed E-state index contributed by atoms with van der Waals surface area (Å²) in [6.45, 7) is 12.1. The summed E-state index contributed by atoms with van der Waals surface area (Å²) in [4.78, 5) is 7.22. The average Bonchev–Trinajstić information content (AvgIpc) is 3.88. The van der Waals surface area contributed by atoms with E-state index in [4.69, 9.17) is 0 Å². The van der Waals surface area contributed by atoms with Crippen LogP contribution in [0.2, 0.25) is 0 Å². The van der Waals surface area contributed by atoms with Crippen molar-refractivity contribution in [2.45, 2.75) is 264 Å². The molecule has 0 aromatic rings. The fraction of sp³-hybridized carbons (Fsp3) is 1.00. The fourth-order valence-electron chi connectivity index (χ4n) is 7.64. The summed E-state index contributed by atoms with van der Waals surface area (Å²) in [7, 11) is 6.59. The number of likely N-dealkylation sites (tertiary alicyclic amines) is 3. The summed E-state index contributed by atoms with van der Waals surface area (Å²) in [6.07, 6.45) is 42.9. The molecule has 7 rings (SSSR count). The lowest BCUT2D eigenvalue weighted by Crippen LogP contribution is -2.30. The Kier molecular flexibility index (Phi) is 56.7. The van der Waals surface area contributed by atoms with Crippen LogP contribution in [0.5, 0.6) is 0 Å². The first-order valence-electron chi connectivity index (χ1n) is 21.0. The molecular formula is C48H111N3. The second kappa shape index (κ2) is 46.0. The highest BCUT2D eigenvalue weighted by atomic mass is 15.1. The van der Waals surface area contributed by atoms with Crippen LogP contribution in [0.25, 0.3) is 0 Å². The maximum atomic E-state index is 2.41. The molecule has 0 N–H and O–H groups in total. The van der Waals surface area contributed by atoms with Crippen LogP contribution in [0.1, 0.15) is 252 Å². The number of rotatable bonds is 0. The van der Waals surface area contributed by atoms with Crippen molar-refractivity contribution < 1.29 is 0 Å². The van der Waals surface area contributed by atoms with Gasteiger partial charge >= 0.3 is 0 Å². The topological polar surface area (TPSA) is 9.72 Å². The summed E-state index contributed by atoms with van der Waals surface area (Å²) in [5.41, 5.74) is 0. The first kappa shape index (κ1) is 62.8. The van der Waals surface area contributed by atoms with Crippen molar-refractivity contribution >= 4 is 0 Å². The monoisotopic (exact) mass is 730 g/mol. The number of hydrogen-bond donors (Lipinski definition) is 0. The van der Waals surface area contributed by atoms with Gasteiger partial charge in [-0.25, -0.2) is 0 Å². The van der Waals surface area contributed by atoms with Crippen LogP contribution in [-0.2, 0) is 0 Å². The van der Waals surface area contributed by atoms with Gasteiger partial charge in [-0.15, -0.1) is 0 Å². The summed E-state index contributed by atoms with van der Waals surface area (Å²) in [5, 5.41) is 0. The number of nitrogens with zero attached hydrogens (tertiary/aromatic N) is 3. The molecule has 3 aliphatic heterocycles. The summed E-state index contributed by atoms with van der Waals surface area (Å²) < 4.78 is 0. The largest absolute Gasteiger partial charge is 0.306 e. The third-order valence-electron chi connectivity index (χ3n) is 11.4. The van der Waals surface area contributed by atoms with Crippen LogP contribution in [0.15, 0.2) is 0 Å². The van der Waals surface area contributed by atoms with E-state index in [0.717, 1.165) is 18.0 Å². The molecule has 3 atom stereocenters. The molecule has 318 valence electrons. The molecule has 7 fully saturated rings. The Hall–Kier alpha value is -0.120. The zero-order valence-corrected chi connectivity index (χ0v) is 32.4. The second-order valence-corrected chi connectivity index (χ2v) is 16.1. The maximum absolute atomic E-state index is 2.41. The minimum atomic E-state index is 0. The van der Waals surface area contributed by atoms with Gasteiger partial charge in [0.1, 0.15) is 0 Å². The SMILES string of the molecule is C.C.C.C.C.C.C1CCCC1.C1CCCCC1.C1CCCCC1.C1CCCCC1.CC1CCCN(C)C1.CC1CCCN1C.CC1CCCN1C. The van der Waals surface area contributed by atoms with Crippen molar-refractivity contribution in [1.29, 1.82) is 0 Å². The van der Waals surface area contributed by atoms with Gasteiger partial charge in [0.2, 0.25) is 0 Å². The molecule has 0 amide bonds. The van der Waals surface area contributed by atoms with Crippen molar-refractivity contribution in [2.24, 2.45) is 5.92 Å². The van der Waals surface area contributed by atoms with Crippen LogP contribution < -0.4 is 0 Å². The molecule has 0 aromatic carbocycles. The van der Waals surface area contributed by atoms with E-state index >= 15 is 0 Å². The van der Waals surface area contributed by atoms with Gasteiger partial charge in [-0.3, -0.25) is 0 Å². The predicted octanol–water partition coefficient (Wildman–Crippen LogP) is 16.3.